The van der Waals surface area contributed by atoms with E-state index in [4.69, 9.17) is 13.9 Å². The maximum absolute atomic E-state index is 12.4. The third-order valence-corrected chi connectivity index (χ3v) is 3.50. The van der Waals surface area contributed by atoms with Gasteiger partial charge in [0.05, 0.1) is 7.11 Å². The van der Waals surface area contributed by atoms with Crippen molar-refractivity contribution in [3.8, 4) is 11.3 Å². The Morgan fingerprint density at radius 3 is 2.52 bits per heavy atom. The minimum Gasteiger partial charge on any atom is -0.466 e. The van der Waals surface area contributed by atoms with Gasteiger partial charge in [0.1, 0.15) is 5.76 Å². The predicted molar refractivity (Wildman–Crippen MR) is 88.6 cm³/mol. The van der Waals surface area contributed by atoms with E-state index >= 15 is 0 Å². The Bertz CT molecular complexity index is 858. The molecular weight excluding hydrogens is 322 g/mol. The first-order chi connectivity index (χ1) is 12.2. The van der Waals surface area contributed by atoms with Crippen molar-refractivity contribution in [1.82, 2.24) is 4.98 Å². The molecule has 0 amide bonds. The smallest absolute Gasteiger partial charge is 0.375 e. The molecule has 0 spiro atoms. The zero-order valence-corrected chi connectivity index (χ0v) is 13.4. The highest BCUT2D eigenvalue weighted by Crippen LogP contribution is 2.24. The number of nitrogens with zero attached hydrogens (tertiary/aromatic N) is 1. The predicted octanol–water partition coefficient (Wildman–Crippen LogP) is 3.41. The van der Waals surface area contributed by atoms with Gasteiger partial charge in [-0.1, -0.05) is 30.3 Å². The second kappa shape index (κ2) is 7.44. The number of furan rings is 1. The van der Waals surface area contributed by atoms with Crippen LogP contribution in [0.4, 0.5) is 0 Å². The zero-order valence-electron chi connectivity index (χ0n) is 13.4. The first-order valence-corrected chi connectivity index (χ1v) is 7.53. The van der Waals surface area contributed by atoms with Crippen molar-refractivity contribution in [2.75, 3.05) is 7.11 Å². The Labute approximate surface area is 144 Å². The van der Waals surface area contributed by atoms with Crippen LogP contribution in [0.2, 0.25) is 0 Å². The molecule has 0 aliphatic heterocycles. The van der Waals surface area contributed by atoms with E-state index in [0.29, 0.717) is 11.3 Å². The number of carbonyl (C=O) groups excluding carboxylic acids is 2. The molecule has 0 radical (unpaired) electrons. The maximum atomic E-state index is 12.4. The van der Waals surface area contributed by atoms with E-state index in [1.165, 1.54) is 13.2 Å². The van der Waals surface area contributed by atoms with E-state index in [2.05, 4.69) is 4.98 Å². The van der Waals surface area contributed by atoms with Gasteiger partial charge in [-0.15, -0.1) is 0 Å². The van der Waals surface area contributed by atoms with Crippen LogP contribution in [-0.4, -0.2) is 24.0 Å². The molecule has 3 aromatic rings. The number of methoxy groups -OCH3 is 1. The Balaban J connectivity index is 1.80. The summed E-state index contributed by atoms with van der Waals surface area (Å²) in [5.74, 6) is -0.953. The Kier molecular flexibility index (Phi) is 4.89. The zero-order chi connectivity index (χ0) is 17.6. The molecule has 0 bridgehead atoms. The van der Waals surface area contributed by atoms with E-state index in [9.17, 15) is 9.59 Å². The van der Waals surface area contributed by atoms with Gasteiger partial charge >= 0.3 is 11.9 Å². The minimum absolute atomic E-state index is 0.0105. The lowest BCUT2D eigenvalue weighted by Gasteiger charge is -2.15. The highest BCUT2D eigenvalue weighted by Gasteiger charge is 2.27. The molecule has 0 saturated carbocycles. The van der Waals surface area contributed by atoms with Gasteiger partial charge in [-0.3, -0.25) is 4.98 Å². The van der Waals surface area contributed by atoms with Crippen LogP contribution in [0.25, 0.3) is 11.3 Å². The average molecular weight is 337 g/mol. The second-order valence-corrected chi connectivity index (χ2v) is 5.12. The van der Waals surface area contributed by atoms with Gasteiger partial charge in [-0.05, 0) is 24.3 Å². The molecule has 1 unspecified atom stereocenters. The summed E-state index contributed by atoms with van der Waals surface area (Å²) in [4.78, 5) is 28.3. The van der Waals surface area contributed by atoms with Gasteiger partial charge in [0.25, 0.3) is 0 Å². The summed E-state index contributed by atoms with van der Waals surface area (Å²) in [7, 11) is 1.24. The Morgan fingerprint density at radius 1 is 1.04 bits per heavy atom. The summed E-state index contributed by atoms with van der Waals surface area (Å²) >= 11 is 0. The fraction of sp³-hybridized carbons (Fsp3) is 0.105. The first kappa shape index (κ1) is 16.4. The molecule has 0 N–H and O–H groups in total. The Hall–Kier alpha value is -3.41. The molecule has 126 valence electrons. The molecule has 6 nitrogen and oxygen atoms in total. The summed E-state index contributed by atoms with van der Waals surface area (Å²) in [6, 6.07) is 15.3. The van der Waals surface area contributed by atoms with E-state index in [1.807, 2.05) is 6.07 Å². The van der Waals surface area contributed by atoms with Gasteiger partial charge in [-0.2, -0.15) is 0 Å². The SMILES string of the molecule is COC(=O)C(OC(=O)c1ccc(-c2cccnc2)o1)c1ccccc1. The van der Waals surface area contributed by atoms with E-state index in [-0.39, 0.29) is 5.76 Å². The van der Waals surface area contributed by atoms with Crippen molar-refractivity contribution in [2.45, 2.75) is 6.10 Å². The van der Waals surface area contributed by atoms with Gasteiger partial charge in [0.2, 0.25) is 11.9 Å². The third kappa shape index (κ3) is 3.74. The topological polar surface area (TPSA) is 78.6 Å². The number of carbonyl (C=O) groups is 2. The van der Waals surface area contributed by atoms with E-state index in [0.717, 1.165) is 5.56 Å². The largest absolute Gasteiger partial charge is 0.466 e. The number of hydrogen-bond acceptors (Lipinski definition) is 6. The number of benzene rings is 1. The van der Waals surface area contributed by atoms with Gasteiger partial charge in [-0.25, -0.2) is 9.59 Å². The number of hydrogen-bond donors (Lipinski definition) is 0. The average Bonchev–Trinajstić information content (AvgIpc) is 3.17. The van der Waals surface area contributed by atoms with Crippen LogP contribution in [-0.2, 0) is 14.3 Å². The molecule has 2 aromatic heterocycles. The molecule has 0 fully saturated rings. The normalized spacial score (nSPS) is 11.6. The fourth-order valence-electron chi connectivity index (χ4n) is 2.26. The molecule has 6 heteroatoms. The molecule has 0 aliphatic rings. The lowest BCUT2D eigenvalue weighted by molar-refractivity contribution is -0.151. The minimum atomic E-state index is -1.16. The van der Waals surface area contributed by atoms with E-state index < -0.39 is 18.0 Å². The highest BCUT2D eigenvalue weighted by atomic mass is 16.6. The molecular formula is C19H15NO5. The van der Waals surface area contributed by atoms with Crippen molar-refractivity contribution in [3.05, 3.63) is 78.3 Å². The summed E-state index contributed by atoms with van der Waals surface area (Å²) in [6.07, 6.45) is 2.10. The number of aromatic nitrogens is 1. The van der Waals surface area contributed by atoms with Crippen LogP contribution in [0, 0.1) is 0 Å². The molecule has 2 heterocycles. The molecule has 0 saturated heterocycles. The van der Waals surface area contributed by atoms with Crippen molar-refractivity contribution >= 4 is 11.9 Å². The summed E-state index contributed by atoms with van der Waals surface area (Å²) in [5.41, 5.74) is 1.25. The molecule has 1 atom stereocenters. The van der Waals surface area contributed by atoms with Crippen molar-refractivity contribution in [1.29, 1.82) is 0 Å². The first-order valence-electron chi connectivity index (χ1n) is 7.53. The van der Waals surface area contributed by atoms with Crippen LogP contribution in [0.5, 0.6) is 0 Å². The highest BCUT2D eigenvalue weighted by molar-refractivity contribution is 5.90. The van der Waals surface area contributed by atoms with Crippen LogP contribution in [0.1, 0.15) is 22.2 Å². The van der Waals surface area contributed by atoms with Crippen molar-refractivity contribution < 1.29 is 23.5 Å². The molecule has 3 rings (SSSR count). The molecule has 25 heavy (non-hydrogen) atoms. The quantitative estimate of drug-likeness (QED) is 0.664. The standard InChI is InChI=1S/C19H15NO5/c1-23-19(22)17(13-6-3-2-4-7-13)25-18(21)16-10-9-15(24-16)14-8-5-11-20-12-14/h2-12,17H,1H3. The van der Waals surface area contributed by atoms with Crippen LogP contribution in [0.15, 0.2) is 71.4 Å². The van der Waals surface area contributed by atoms with E-state index in [1.54, 1.807) is 54.9 Å². The lowest BCUT2D eigenvalue weighted by atomic mass is 10.1. The number of ether oxygens (including phenoxy) is 2. The van der Waals surface area contributed by atoms with Gasteiger partial charge < -0.3 is 13.9 Å². The second-order valence-electron chi connectivity index (χ2n) is 5.12. The van der Waals surface area contributed by atoms with Crippen molar-refractivity contribution in [3.63, 3.8) is 0 Å². The Morgan fingerprint density at radius 2 is 1.84 bits per heavy atom. The van der Waals surface area contributed by atoms with Gasteiger partial charge in [0, 0.05) is 23.5 Å². The number of rotatable bonds is 5. The maximum Gasteiger partial charge on any atom is 0.375 e. The number of esters is 2. The number of pyridine rings is 1. The fourth-order valence-corrected chi connectivity index (χ4v) is 2.26. The van der Waals surface area contributed by atoms with Crippen molar-refractivity contribution in [2.24, 2.45) is 0 Å². The molecule has 0 aliphatic carbocycles. The summed E-state index contributed by atoms with van der Waals surface area (Å²) in [6.45, 7) is 0. The monoisotopic (exact) mass is 337 g/mol. The lowest BCUT2D eigenvalue weighted by Crippen LogP contribution is -2.21. The van der Waals surface area contributed by atoms with Crippen LogP contribution in [0.3, 0.4) is 0 Å². The van der Waals surface area contributed by atoms with Gasteiger partial charge in [0.15, 0.2) is 0 Å². The van der Waals surface area contributed by atoms with Crippen LogP contribution >= 0.6 is 0 Å². The third-order valence-electron chi connectivity index (χ3n) is 3.50. The summed E-state index contributed by atoms with van der Waals surface area (Å²) < 4.78 is 15.5. The molecule has 1 aromatic carbocycles. The van der Waals surface area contributed by atoms with Crippen LogP contribution < -0.4 is 0 Å². The summed E-state index contributed by atoms with van der Waals surface area (Å²) in [5, 5.41) is 0.